The van der Waals surface area contributed by atoms with Crippen molar-refractivity contribution in [3.05, 3.63) is 47.9 Å². The zero-order chi connectivity index (χ0) is 10.5. The lowest BCUT2D eigenvalue weighted by Gasteiger charge is -2.05. The minimum atomic E-state index is 0.456. The summed E-state index contributed by atoms with van der Waals surface area (Å²) in [6.07, 6.45) is 3.19. The summed E-state index contributed by atoms with van der Waals surface area (Å²) in [5.74, 6) is 0.805. The fraction of sp³-hybridized carbons (Fsp3) is 0.182. The molecule has 0 unspecified atom stereocenters. The van der Waals surface area contributed by atoms with E-state index in [-0.39, 0.29) is 0 Å². The van der Waals surface area contributed by atoms with E-state index in [0.717, 1.165) is 16.9 Å². The van der Waals surface area contributed by atoms with Crippen LogP contribution >= 0.6 is 0 Å². The molecule has 2 N–H and O–H groups in total. The molecule has 0 saturated carbocycles. The Morgan fingerprint density at radius 2 is 2.27 bits per heavy atom. The number of nitrogens with two attached hydrogens (primary N) is 1. The summed E-state index contributed by atoms with van der Waals surface area (Å²) in [7, 11) is 0. The van der Waals surface area contributed by atoms with Crippen molar-refractivity contribution < 1.29 is 9.26 Å². The van der Waals surface area contributed by atoms with E-state index in [2.05, 4.69) is 5.16 Å². The summed E-state index contributed by atoms with van der Waals surface area (Å²) < 4.78 is 10.2. The Hall–Kier alpha value is -1.81. The van der Waals surface area contributed by atoms with Crippen molar-refractivity contribution in [3.8, 4) is 5.75 Å². The van der Waals surface area contributed by atoms with Gasteiger partial charge in [-0.2, -0.15) is 0 Å². The van der Waals surface area contributed by atoms with E-state index >= 15 is 0 Å². The molecule has 0 saturated heterocycles. The van der Waals surface area contributed by atoms with Crippen molar-refractivity contribution >= 4 is 0 Å². The van der Waals surface area contributed by atoms with Crippen LogP contribution < -0.4 is 10.5 Å². The Bertz CT molecular complexity index is 412. The molecule has 2 aromatic rings. The van der Waals surface area contributed by atoms with Crippen LogP contribution in [0.25, 0.3) is 0 Å². The van der Waals surface area contributed by atoms with Crippen LogP contribution in [0.2, 0.25) is 0 Å². The Balaban J connectivity index is 1.98. The molecule has 0 amide bonds. The van der Waals surface area contributed by atoms with Crippen molar-refractivity contribution in [1.29, 1.82) is 0 Å². The molecule has 0 bridgehead atoms. The molecule has 78 valence electrons. The molecular weight excluding hydrogens is 192 g/mol. The Kier molecular flexibility index (Phi) is 2.99. The molecular formula is C11H12N2O2. The first-order chi connectivity index (χ1) is 7.38. The average molecular weight is 204 g/mol. The lowest BCUT2D eigenvalue weighted by molar-refractivity contribution is 0.304. The fourth-order valence-electron chi connectivity index (χ4n) is 1.23. The van der Waals surface area contributed by atoms with E-state index in [1.807, 2.05) is 24.3 Å². The molecule has 2 rings (SSSR count). The summed E-state index contributed by atoms with van der Waals surface area (Å²) in [6.45, 7) is 0.974. The number of hydrogen-bond acceptors (Lipinski definition) is 4. The first-order valence-electron chi connectivity index (χ1n) is 4.68. The Labute approximate surface area is 87.6 Å². The van der Waals surface area contributed by atoms with Crippen LogP contribution in [0.1, 0.15) is 11.1 Å². The quantitative estimate of drug-likeness (QED) is 0.823. The van der Waals surface area contributed by atoms with Gasteiger partial charge in [-0.3, -0.25) is 0 Å². The van der Waals surface area contributed by atoms with Crippen molar-refractivity contribution in [2.24, 2.45) is 5.73 Å². The van der Waals surface area contributed by atoms with Gasteiger partial charge in [-0.1, -0.05) is 17.3 Å². The molecule has 1 aromatic carbocycles. The smallest absolute Gasteiger partial charge is 0.130 e. The Morgan fingerprint density at radius 3 is 3.00 bits per heavy atom. The minimum Gasteiger partial charge on any atom is -0.489 e. The second kappa shape index (κ2) is 4.61. The third-order valence-electron chi connectivity index (χ3n) is 2.02. The molecule has 1 heterocycles. The highest BCUT2D eigenvalue weighted by molar-refractivity contribution is 5.28. The molecule has 0 spiro atoms. The number of nitrogens with zero attached hydrogens (tertiary/aromatic N) is 1. The van der Waals surface area contributed by atoms with E-state index in [1.54, 1.807) is 12.5 Å². The first kappa shape index (κ1) is 9.73. The number of aromatic nitrogens is 1. The molecule has 0 atom stereocenters. The number of ether oxygens (including phenoxy) is 1. The summed E-state index contributed by atoms with van der Waals surface area (Å²) in [6, 6.07) is 7.71. The first-order valence-corrected chi connectivity index (χ1v) is 4.68. The molecule has 4 nitrogen and oxygen atoms in total. The predicted octanol–water partition coefficient (Wildman–Crippen LogP) is 1.71. The van der Waals surface area contributed by atoms with E-state index in [0.29, 0.717) is 13.2 Å². The van der Waals surface area contributed by atoms with Gasteiger partial charge >= 0.3 is 0 Å². The second-order valence-corrected chi connectivity index (χ2v) is 3.17. The molecule has 0 aliphatic carbocycles. The van der Waals surface area contributed by atoms with Crippen LogP contribution in [-0.2, 0) is 13.2 Å². The summed E-state index contributed by atoms with van der Waals surface area (Å²) in [4.78, 5) is 0. The van der Waals surface area contributed by atoms with Crippen LogP contribution in [0.4, 0.5) is 0 Å². The molecule has 0 aliphatic heterocycles. The summed E-state index contributed by atoms with van der Waals surface area (Å²) in [5, 5.41) is 3.59. The monoisotopic (exact) mass is 204 g/mol. The average Bonchev–Trinajstić information content (AvgIpc) is 2.79. The molecule has 15 heavy (non-hydrogen) atoms. The van der Waals surface area contributed by atoms with Gasteiger partial charge in [0, 0.05) is 12.1 Å². The van der Waals surface area contributed by atoms with Crippen LogP contribution in [0.15, 0.2) is 41.2 Å². The number of hydrogen-bond donors (Lipinski definition) is 1. The molecule has 1 aromatic heterocycles. The van der Waals surface area contributed by atoms with Gasteiger partial charge in [0.2, 0.25) is 0 Å². The minimum absolute atomic E-state index is 0.456. The van der Waals surface area contributed by atoms with Crippen LogP contribution in [0, 0.1) is 0 Å². The van der Waals surface area contributed by atoms with Crippen molar-refractivity contribution in [1.82, 2.24) is 5.16 Å². The highest BCUT2D eigenvalue weighted by Crippen LogP contribution is 2.14. The van der Waals surface area contributed by atoms with Gasteiger partial charge < -0.3 is 15.0 Å². The maximum atomic E-state index is 5.54. The summed E-state index contributed by atoms with van der Waals surface area (Å²) in [5.41, 5.74) is 7.49. The Morgan fingerprint density at radius 1 is 1.33 bits per heavy atom. The van der Waals surface area contributed by atoms with Crippen molar-refractivity contribution in [2.45, 2.75) is 13.2 Å². The highest BCUT2D eigenvalue weighted by atomic mass is 16.5. The fourth-order valence-corrected chi connectivity index (χ4v) is 1.23. The van der Waals surface area contributed by atoms with Crippen molar-refractivity contribution in [2.75, 3.05) is 0 Å². The van der Waals surface area contributed by atoms with Gasteiger partial charge in [0.1, 0.15) is 18.6 Å². The summed E-state index contributed by atoms with van der Waals surface area (Å²) >= 11 is 0. The zero-order valence-electron chi connectivity index (χ0n) is 8.22. The van der Waals surface area contributed by atoms with Gasteiger partial charge in [0.15, 0.2) is 0 Å². The zero-order valence-corrected chi connectivity index (χ0v) is 8.22. The van der Waals surface area contributed by atoms with Gasteiger partial charge in [-0.05, 0) is 17.7 Å². The van der Waals surface area contributed by atoms with E-state index in [4.69, 9.17) is 15.0 Å². The van der Waals surface area contributed by atoms with Gasteiger partial charge in [-0.15, -0.1) is 0 Å². The van der Waals surface area contributed by atoms with Crippen LogP contribution in [-0.4, -0.2) is 5.16 Å². The SMILES string of the molecule is NCc1cccc(OCc2cnoc2)c1. The second-order valence-electron chi connectivity index (χ2n) is 3.17. The standard InChI is InChI=1S/C11H12N2O2/c12-5-9-2-1-3-11(4-9)14-7-10-6-13-15-8-10/h1-4,6,8H,5,7,12H2. The largest absolute Gasteiger partial charge is 0.489 e. The number of benzene rings is 1. The predicted molar refractivity (Wildman–Crippen MR) is 55.2 cm³/mol. The van der Waals surface area contributed by atoms with Crippen LogP contribution in [0.5, 0.6) is 5.75 Å². The maximum Gasteiger partial charge on any atom is 0.130 e. The lowest BCUT2D eigenvalue weighted by atomic mass is 10.2. The molecule has 0 fully saturated rings. The molecule has 0 aliphatic rings. The molecule has 4 heteroatoms. The molecule has 0 radical (unpaired) electrons. The maximum absolute atomic E-state index is 5.54. The normalized spacial score (nSPS) is 10.2. The third-order valence-corrected chi connectivity index (χ3v) is 2.02. The van der Waals surface area contributed by atoms with Crippen LogP contribution in [0.3, 0.4) is 0 Å². The van der Waals surface area contributed by atoms with E-state index in [1.165, 1.54) is 0 Å². The number of rotatable bonds is 4. The van der Waals surface area contributed by atoms with Gasteiger partial charge in [0.25, 0.3) is 0 Å². The van der Waals surface area contributed by atoms with E-state index < -0.39 is 0 Å². The highest BCUT2D eigenvalue weighted by Gasteiger charge is 1.98. The van der Waals surface area contributed by atoms with E-state index in [9.17, 15) is 0 Å². The van der Waals surface area contributed by atoms with Gasteiger partial charge in [-0.25, -0.2) is 0 Å². The van der Waals surface area contributed by atoms with Gasteiger partial charge in [0.05, 0.1) is 6.20 Å². The third kappa shape index (κ3) is 2.57. The topological polar surface area (TPSA) is 61.3 Å². The lowest BCUT2D eigenvalue weighted by Crippen LogP contribution is -1.98. The van der Waals surface area contributed by atoms with Crippen molar-refractivity contribution in [3.63, 3.8) is 0 Å².